The second-order valence-corrected chi connectivity index (χ2v) is 6.00. The lowest BCUT2D eigenvalue weighted by molar-refractivity contribution is -0.142. The summed E-state index contributed by atoms with van der Waals surface area (Å²) in [4.78, 5) is 21.5. The zero-order valence-electron chi connectivity index (χ0n) is 13.4. The second kappa shape index (κ2) is 11.4. The smallest absolute Gasteiger partial charge is 0.407 e. The average Bonchev–Trinajstić information content (AvgIpc) is 2.33. The molecule has 0 heterocycles. The molecule has 0 aliphatic carbocycles. The minimum atomic E-state index is -0.924. The lowest BCUT2D eigenvalue weighted by Crippen LogP contribution is -2.32. The van der Waals surface area contributed by atoms with Gasteiger partial charge < -0.3 is 19.9 Å². The second-order valence-electron chi connectivity index (χ2n) is 6.00. The van der Waals surface area contributed by atoms with Gasteiger partial charge in [-0.2, -0.15) is 0 Å². The highest BCUT2D eigenvalue weighted by Gasteiger charge is 2.15. The molecule has 0 aromatic heterocycles. The van der Waals surface area contributed by atoms with E-state index in [0.29, 0.717) is 13.2 Å². The normalized spacial score (nSPS) is 11.2. The van der Waals surface area contributed by atoms with Crippen LogP contribution >= 0.6 is 0 Å². The van der Waals surface area contributed by atoms with Gasteiger partial charge in [-0.1, -0.05) is 25.7 Å². The quantitative estimate of drug-likeness (QED) is 0.573. The zero-order valence-corrected chi connectivity index (χ0v) is 13.4. The largest absolute Gasteiger partial charge is 0.480 e. The summed E-state index contributed by atoms with van der Waals surface area (Å²) in [5.74, 6) is -0.924. The van der Waals surface area contributed by atoms with Crippen molar-refractivity contribution in [2.45, 2.75) is 64.9 Å². The number of carbonyl (C=O) groups is 2. The number of carboxylic acids is 1. The van der Waals surface area contributed by atoms with Gasteiger partial charge in [0.1, 0.15) is 12.2 Å². The molecule has 6 nitrogen and oxygen atoms in total. The van der Waals surface area contributed by atoms with Gasteiger partial charge in [0, 0.05) is 13.2 Å². The predicted octanol–water partition coefficient (Wildman–Crippen LogP) is 2.95. The number of unbranched alkanes of at least 4 members (excludes halogenated alkanes) is 5. The Labute approximate surface area is 127 Å². The molecule has 0 atom stereocenters. The van der Waals surface area contributed by atoms with Gasteiger partial charge in [0.15, 0.2) is 0 Å². The fourth-order valence-electron chi connectivity index (χ4n) is 1.70. The predicted molar refractivity (Wildman–Crippen MR) is 80.4 cm³/mol. The van der Waals surface area contributed by atoms with E-state index in [-0.39, 0.29) is 12.7 Å². The first kappa shape index (κ1) is 19.7. The third-order valence-electron chi connectivity index (χ3n) is 2.61. The van der Waals surface area contributed by atoms with Crippen LogP contribution in [0.4, 0.5) is 4.79 Å². The maximum Gasteiger partial charge on any atom is 0.407 e. The zero-order chi connectivity index (χ0) is 16.1. The van der Waals surface area contributed by atoms with E-state index in [2.05, 4.69) is 5.32 Å². The van der Waals surface area contributed by atoms with Gasteiger partial charge in [0.2, 0.25) is 0 Å². The minimum absolute atomic E-state index is 0.212. The summed E-state index contributed by atoms with van der Waals surface area (Å²) in [5, 5.41) is 11.1. The summed E-state index contributed by atoms with van der Waals surface area (Å²) >= 11 is 0. The van der Waals surface area contributed by atoms with Gasteiger partial charge in [-0.05, 0) is 33.6 Å². The van der Waals surface area contributed by atoms with E-state index in [0.717, 1.165) is 38.5 Å². The van der Waals surface area contributed by atoms with Crippen LogP contribution in [0.1, 0.15) is 59.3 Å². The maximum atomic E-state index is 11.4. The first-order valence-electron chi connectivity index (χ1n) is 7.57. The Morgan fingerprint density at radius 1 is 1.00 bits per heavy atom. The molecule has 0 unspecified atom stereocenters. The number of carbonyl (C=O) groups excluding carboxylic acids is 1. The van der Waals surface area contributed by atoms with Crippen LogP contribution in [0.3, 0.4) is 0 Å². The third-order valence-corrected chi connectivity index (χ3v) is 2.61. The number of hydrogen-bond acceptors (Lipinski definition) is 4. The number of ether oxygens (including phenoxy) is 2. The van der Waals surface area contributed by atoms with Crippen molar-refractivity contribution in [3.05, 3.63) is 0 Å². The van der Waals surface area contributed by atoms with E-state index in [9.17, 15) is 9.59 Å². The molecule has 0 rings (SSSR count). The van der Waals surface area contributed by atoms with E-state index in [1.165, 1.54) is 0 Å². The molecule has 0 aliphatic rings. The van der Waals surface area contributed by atoms with Crippen molar-refractivity contribution in [3.8, 4) is 0 Å². The number of aliphatic carboxylic acids is 1. The van der Waals surface area contributed by atoms with E-state index in [4.69, 9.17) is 14.6 Å². The number of rotatable bonds is 11. The highest BCUT2D eigenvalue weighted by Crippen LogP contribution is 2.07. The Balaban J connectivity index is 3.22. The number of nitrogens with one attached hydrogen (secondary N) is 1. The molecule has 21 heavy (non-hydrogen) atoms. The number of alkyl carbamates (subject to hydrolysis) is 1. The van der Waals surface area contributed by atoms with Crippen LogP contribution in [0.2, 0.25) is 0 Å². The van der Waals surface area contributed by atoms with Gasteiger partial charge in [0.05, 0.1) is 0 Å². The average molecular weight is 303 g/mol. The Kier molecular flexibility index (Phi) is 10.7. The molecule has 0 aromatic rings. The molecule has 0 saturated carbocycles. The summed E-state index contributed by atoms with van der Waals surface area (Å²) in [6.07, 6.45) is 5.78. The minimum Gasteiger partial charge on any atom is -0.480 e. The Morgan fingerprint density at radius 2 is 1.57 bits per heavy atom. The summed E-state index contributed by atoms with van der Waals surface area (Å²) in [6.45, 7) is 6.45. The number of amides is 1. The molecule has 0 spiro atoms. The molecule has 0 bridgehead atoms. The molecule has 124 valence electrons. The lowest BCUT2D eigenvalue weighted by Gasteiger charge is -2.19. The fourth-order valence-corrected chi connectivity index (χ4v) is 1.70. The van der Waals surface area contributed by atoms with Crippen LogP contribution in [0, 0.1) is 0 Å². The van der Waals surface area contributed by atoms with Crippen LogP contribution in [0.25, 0.3) is 0 Å². The van der Waals surface area contributed by atoms with E-state index >= 15 is 0 Å². The standard InChI is InChI=1S/C15H29NO5/c1-15(2,3)21-14(19)16-10-8-6-4-5-7-9-11-20-12-13(17)18/h4-12H2,1-3H3,(H,16,19)(H,17,18). The molecule has 0 aromatic carbocycles. The number of carboxylic acid groups (broad SMARTS) is 1. The summed E-state index contributed by atoms with van der Waals surface area (Å²) in [5.41, 5.74) is -0.452. The highest BCUT2D eigenvalue weighted by molar-refractivity contribution is 5.68. The summed E-state index contributed by atoms with van der Waals surface area (Å²) < 4.78 is 10.1. The molecule has 2 N–H and O–H groups in total. The number of hydrogen-bond donors (Lipinski definition) is 2. The van der Waals surface area contributed by atoms with E-state index < -0.39 is 11.6 Å². The van der Waals surface area contributed by atoms with Gasteiger partial charge in [0.25, 0.3) is 0 Å². The molecule has 0 aliphatic heterocycles. The van der Waals surface area contributed by atoms with Gasteiger partial charge in [-0.25, -0.2) is 9.59 Å². The van der Waals surface area contributed by atoms with E-state index in [1.807, 2.05) is 20.8 Å². The first-order chi connectivity index (χ1) is 9.81. The van der Waals surface area contributed by atoms with Crippen LogP contribution in [-0.4, -0.2) is 42.5 Å². The molecule has 1 amide bonds. The van der Waals surface area contributed by atoms with Gasteiger partial charge in [-0.3, -0.25) is 0 Å². The van der Waals surface area contributed by atoms with Crippen LogP contribution in [0.5, 0.6) is 0 Å². The van der Waals surface area contributed by atoms with Crippen molar-refractivity contribution in [1.29, 1.82) is 0 Å². The Hall–Kier alpha value is -1.30. The summed E-state index contributed by atoms with van der Waals surface area (Å²) in [7, 11) is 0. The molecule has 0 saturated heterocycles. The monoisotopic (exact) mass is 303 g/mol. The van der Waals surface area contributed by atoms with Crippen LogP contribution in [-0.2, 0) is 14.3 Å². The highest BCUT2D eigenvalue weighted by atomic mass is 16.6. The third kappa shape index (κ3) is 16.6. The Bertz CT molecular complexity index is 299. The van der Waals surface area contributed by atoms with Crippen LogP contribution < -0.4 is 5.32 Å². The lowest BCUT2D eigenvalue weighted by atomic mass is 10.1. The Morgan fingerprint density at radius 3 is 2.14 bits per heavy atom. The van der Waals surface area contributed by atoms with Crippen molar-refractivity contribution in [2.24, 2.45) is 0 Å². The molecule has 6 heteroatoms. The molecule has 0 radical (unpaired) electrons. The van der Waals surface area contributed by atoms with Gasteiger partial charge in [-0.15, -0.1) is 0 Å². The van der Waals surface area contributed by atoms with Crippen molar-refractivity contribution >= 4 is 12.1 Å². The molecular formula is C15H29NO5. The van der Waals surface area contributed by atoms with E-state index in [1.54, 1.807) is 0 Å². The van der Waals surface area contributed by atoms with Crippen molar-refractivity contribution in [1.82, 2.24) is 5.32 Å². The topological polar surface area (TPSA) is 84.9 Å². The molecule has 0 fully saturated rings. The SMILES string of the molecule is CC(C)(C)OC(=O)NCCCCCCCCOCC(=O)O. The maximum absolute atomic E-state index is 11.4. The van der Waals surface area contributed by atoms with Crippen molar-refractivity contribution < 1.29 is 24.2 Å². The first-order valence-corrected chi connectivity index (χ1v) is 7.57. The summed E-state index contributed by atoms with van der Waals surface area (Å²) in [6, 6.07) is 0. The van der Waals surface area contributed by atoms with Gasteiger partial charge >= 0.3 is 12.1 Å². The van der Waals surface area contributed by atoms with Crippen molar-refractivity contribution in [3.63, 3.8) is 0 Å². The fraction of sp³-hybridized carbons (Fsp3) is 0.867. The van der Waals surface area contributed by atoms with Crippen LogP contribution in [0.15, 0.2) is 0 Å². The van der Waals surface area contributed by atoms with Crippen molar-refractivity contribution in [2.75, 3.05) is 19.8 Å². The molecular weight excluding hydrogens is 274 g/mol.